The molecular formula is C19H18N8O3S. The van der Waals surface area contributed by atoms with Crippen molar-refractivity contribution in [2.75, 3.05) is 12.3 Å². The zero-order chi connectivity index (χ0) is 21.8. The minimum atomic E-state index is -0.547. The first kappa shape index (κ1) is 20.2. The number of thiophene rings is 1. The van der Waals surface area contributed by atoms with E-state index in [0.717, 1.165) is 9.75 Å². The number of nitrogens with two attached hydrogens (primary N) is 1. The number of anilines is 1. The van der Waals surface area contributed by atoms with E-state index in [-0.39, 0.29) is 17.3 Å². The number of carbonyl (C=O) groups excluding carboxylic acids is 1. The second kappa shape index (κ2) is 8.75. The maximum absolute atomic E-state index is 12.8. The average Bonchev–Trinajstić information content (AvgIpc) is 3.48. The van der Waals surface area contributed by atoms with Crippen LogP contribution in [-0.2, 0) is 0 Å². The summed E-state index contributed by atoms with van der Waals surface area (Å²) in [6.45, 7) is 4.43. The zero-order valence-electron chi connectivity index (χ0n) is 16.6. The molecule has 11 nitrogen and oxygen atoms in total. The molecule has 0 saturated carbocycles. The molecule has 4 rings (SSSR count). The molecule has 3 aromatic heterocycles. The minimum Gasteiger partial charge on any atom is -0.494 e. The first-order chi connectivity index (χ1) is 15.1. The SMILES string of the molecule is CCOc1ccc(-c2c(C(=O)N/N=C/c3ccc(C)s3)nnn2-c2nonc2N)cc1. The van der Waals surface area contributed by atoms with Gasteiger partial charge in [0.15, 0.2) is 5.69 Å². The summed E-state index contributed by atoms with van der Waals surface area (Å²) in [5, 5.41) is 19.4. The highest BCUT2D eigenvalue weighted by Crippen LogP contribution is 2.28. The predicted molar refractivity (Wildman–Crippen MR) is 114 cm³/mol. The van der Waals surface area contributed by atoms with Crippen LogP contribution in [0.15, 0.2) is 46.1 Å². The second-order valence-corrected chi connectivity index (χ2v) is 7.60. The van der Waals surface area contributed by atoms with Crippen LogP contribution in [-0.4, -0.2) is 44.0 Å². The quantitative estimate of drug-likeness (QED) is 0.330. The van der Waals surface area contributed by atoms with Gasteiger partial charge in [0, 0.05) is 15.3 Å². The number of nitrogens with zero attached hydrogens (tertiary/aromatic N) is 6. The van der Waals surface area contributed by atoms with Gasteiger partial charge >= 0.3 is 0 Å². The number of hydrogen-bond acceptors (Lipinski definition) is 10. The van der Waals surface area contributed by atoms with Gasteiger partial charge in [-0.15, -0.1) is 16.4 Å². The van der Waals surface area contributed by atoms with Gasteiger partial charge in [-0.05, 0) is 60.6 Å². The molecule has 0 aliphatic carbocycles. The monoisotopic (exact) mass is 438 g/mol. The number of ether oxygens (including phenoxy) is 1. The molecule has 0 radical (unpaired) electrons. The van der Waals surface area contributed by atoms with E-state index in [9.17, 15) is 4.79 Å². The summed E-state index contributed by atoms with van der Waals surface area (Å²) in [5.41, 5.74) is 9.32. The summed E-state index contributed by atoms with van der Waals surface area (Å²) in [6, 6.07) is 11.0. The van der Waals surface area contributed by atoms with Crippen LogP contribution in [0.5, 0.6) is 5.75 Å². The van der Waals surface area contributed by atoms with E-state index in [1.54, 1.807) is 41.8 Å². The lowest BCUT2D eigenvalue weighted by molar-refractivity contribution is 0.0950. The molecule has 3 N–H and O–H groups in total. The molecule has 158 valence electrons. The third-order valence-electron chi connectivity index (χ3n) is 4.14. The average molecular weight is 438 g/mol. The second-order valence-electron chi connectivity index (χ2n) is 6.28. The van der Waals surface area contributed by atoms with E-state index >= 15 is 0 Å². The highest BCUT2D eigenvalue weighted by atomic mass is 32.1. The first-order valence-electron chi connectivity index (χ1n) is 9.24. The molecule has 0 aliphatic heterocycles. The summed E-state index contributed by atoms with van der Waals surface area (Å²) < 4.78 is 11.4. The fourth-order valence-electron chi connectivity index (χ4n) is 2.79. The minimum absolute atomic E-state index is 0.00938. The maximum atomic E-state index is 12.8. The van der Waals surface area contributed by atoms with Gasteiger partial charge < -0.3 is 10.5 Å². The Bertz CT molecular complexity index is 1230. The number of benzene rings is 1. The van der Waals surface area contributed by atoms with Crippen molar-refractivity contribution in [1.82, 2.24) is 30.7 Å². The topological polar surface area (TPSA) is 146 Å². The summed E-state index contributed by atoms with van der Waals surface area (Å²) in [5.74, 6) is 0.271. The van der Waals surface area contributed by atoms with Gasteiger partial charge in [0.25, 0.3) is 5.91 Å². The number of carbonyl (C=O) groups is 1. The normalized spacial score (nSPS) is 11.2. The first-order valence-corrected chi connectivity index (χ1v) is 10.1. The van der Waals surface area contributed by atoms with Gasteiger partial charge in [-0.2, -0.15) is 9.78 Å². The van der Waals surface area contributed by atoms with Crippen molar-refractivity contribution in [3.05, 3.63) is 51.8 Å². The summed E-state index contributed by atoms with van der Waals surface area (Å²) in [4.78, 5) is 14.9. The number of amides is 1. The third-order valence-corrected chi connectivity index (χ3v) is 5.07. The van der Waals surface area contributed by atoms with E-state index in [1.165, 1.54) is 4.68 Å². The van der Waals surface area contributed by atoms with E-state index in [0.29, 0.717) is 23.6 Å². The van der Waals surface area contributed by atoms with Crippen molar-refractivity contribution in [3.63, 3.8) is 0 Å². The van der Waals surface area contributed by atoms with Crippen molar-refractivity contribution < 1.29 is 14.2 Å². The van der Waals surface area contributed by atoms with Crippen LogP contribution in [0.4, 0.5) is 5.82 Å². The zero-order valence-corrected chi connectivity index (χ0v) is 17.5. The molecule has 0 atom stereocenters. The Morgan fingerprint density at radius 1 is 1.29 bits per heavy atom. The number of hydrogen-bond donors (Lipinski definition) is 2. The highest BCUT2D eigenvalue weighted by Gasteiger charge is 2.25. The summed E-state index contributed by atoms with van der Waals surface area (Å²) in [6.07, 6.45) is 1.57. The van der Waals surface area contributed by atoms with Crippen molar-refractivity contribution in [2.24, 2.45) is 5.10 Å². The van der Waals surface area contributed by atoms with E-state index in [1.807, 2.05) is 26.0 Å². The van der Waals surface area contributed by atoms with Crippen LogP contribution in [0.1, 0.15) is 27.2 Å². The van der Waals surface area contributed by atoms with Crippen LogP contribution >= 0.6 is 11.3 Å². The van der Waals surface area contributed by atoms with Crippen molar-refractivity contribution in [3.8, 4) is 22.8 Å². The van der Waals surface area contributed by atoms with Crippen LogP contribution in [0.2, 0.25) is 0 Å². The fourth-order valence-corrected chi connectivity index (χ4v) is 3.54. The number of hydrazone groups is 1. The third kappa shape index (κ3) is 4.28. The molecule has 0 saturated heterocycles. The Morgan fingerprint density at radius 2 is 2.10 bits per heavy atom. The van der Waals surface area contributed by atoms with Crippen LogP contribution in [0.25, 0.3) is 17.1 Å². The van der Waals surface area contributed by atoms with E-state index in [4.69, 9.17) is 10.5 Å². The molecule has 1 amide bonds. The number of aryl methyl sites for hydroxylation is 1. The molecule has 1 aromatic carbocycles. The lowest BCUT2D eigenvalue weighted by atomic mass is 10.1. The van der Waals surface area contributed by atoms with Gasteiger partial charge in [-0.25, -0.2) is 10.1 Å². The molecule has 12 heteroatoms. The number of nitrogen functional groups attached to an aromatic ring is 1. The van der Waals surface area contributed by atoms with E-state index in [2.05, 4.69) is 35.8 Å². The fraction of sp³-hybridized carbons (Fsp3) is 0.158. The predicted octanol–water partition coefficient (Wildman–Crippen LogP) is 2.43. The molecule has 3 heterocycles. The molecule has 31 heavy (non-hydrogen) atoms. The lowest BCUT2D eigenvalue weighted by Gasteiger charge is -2.07. The standard InChI is InChI=1S/C19H18N8O3S/c1-3-29-13-7-5-12(6-8-13)16-15(22-26-27(16)18-17(20)24-30-25-18)19(28)23-21-10-14-9-4-11(2)31-14/h4-10H,3H2,1-2H3,(H2,20,24)(H,23,28)/b21-10+. The van der Waals surface area contributed by atoms with Crippen molar-refractivity contribution in [2.45, 2.75) is 13.8 Å². The number of rotatable bonds is 7. The molecular weight excluding hydrogens is 420 g/mol. The Kier molecular flexibility index (Phi) is 5.71. The van der Waals surface area contributed by atoms with Crippen LogP contribution < -0.4 is 15.9 Å². The van der Waals surface area contributed by atoms with Crippen molar-refractivity contribution >= 4 is 29.3 Å². The Balaban J connectivity index is 1.68. The summed E-state index contributed by atoms with van der Waals surface area (Å²) in [7, 11) is 0. The van der Waals surface area contributed by atoms with Gasteiger partial charge in [0.05, 0.1) is 12.8 Å². The molecule has 0 aliphatic rings. The van der Waals surface area contributed by atoms with Gasteiger partial charge in [-0.3, -0.25) is 4.79 Å². The Labute approximate surface area is 180 Å². The van der Waals surface area contributed by atoms with E-state index < -0.39 is 5.91 Å². The van der Waals surface area contributed by atoms with Crippen LogP contribution in [0.3, 0.4) is 0 Å². The molecule has 0 bridgehead atoms. The molecule has 4 aromatic rings. The van der Waals surface area contributed by atoms with Crippen molar-refractivity contribution in [1.29, 1.82) is 0 Å². The maximum Gasteiger partial charge on any atom is 0.294 e. The van der Waals surface area contributed by atoms with Gasteiger partial charge in [0.2, 0.25) is 11.6 Å². The largest absolute Gasteiger partial charge is 0.494 e. The Morgan fingerprint density at radius 3 is 2.74 bits per heavy atom. The van der Waals surface area contributed by atoms with Crippen LogP contribution in [0, 0.1) is 6.92 Å². The summed E-state index contributed by atoms with van der Waals surface area (Å²) >= 11 is 1.56. The molecule has 0 spiro atoms. The lowest BCUT2D eigenvalue weighted by Crippen LogP contribution is -2.19. The molecule has 0 fully saturated rings. The number of nitrogens with one attached hydrogen (secondary N) is 1. The highest BCUT2D eigenvalue weighted by molar-refractivity contribution is 7.13. The Hall–Kier alpha value is -4.06. The number of aromatic nitrogens is 5. The molecule has 0 unspecified atom stereocenters. The van der Waals surface area contributed by atoms with Gasteiger partial charge in [0.1, 0.15) is 11.4 Å². The van der Waals surface area contributed by atoms with Gasteiger partial charge in [-0.1, -0.05) is 5.21 Å². The smallest absolute Gasteiger partial charge is 0.294 e.